The Balaban J connectivity index is 2.04. The number of thioether (sulfide) groups is 1. The maximum Gasteiger partial charge on any atom is 0.216 e. The average molecular weight is 191 g/mol. The Morgan fingerprint density at radius 1 is 1.31 bits per heavy atom. The third-order valence-corrected chi connectivity index (χ3v) is 2.68. The van der Waals surface area contributed by atoms with Crippen LogP contribution in [0.25, 0.3) is 0 Å². The zero-order valence-corrected chi connectivity index (χ0v) is 7.88. The summed E-state index contributed by atoms with van der Waals surface area (Å²) in [5.41, 5.74) is 1.21. The van der Waals surface area contributed by atoms with Gasteiger partial charge < -0.3 is 0 Å². The molecule has 0 aromatic heterocycles. The van der Waals surface area contributed by atoms with Crippen LogP contribution >= 0.6 is 11.8 Å². The van der Waals surface area contributed by atoms with Crippen molar-refractivity contribution in [3.63, 3.8) is 0 Å². The quantitative estimate of drug-likeness (QED) is 0.714. The monoisotopic (exact) mass is 191 g/mol. The van der Waals surface area contributed by atoms with Gasteiger partial charge in [-0.25, -0.2) is 0 Å². The second-order valence-corrected chi connectivity index (χ2v) is 3.98. The van der Waals surface area contributed by atoms with Crippen molar-refractivity contribution >= 4 is 21.9 Å². The number of carbonyl (C=O) groups excluding carboxylic acids is 1. The molecule has 1 aromatic carbocycles. The number of carbonyl (C=O) groups is 1. The number of aliphatic imine (C=N–C) groups is 1. The van der Waals surface area contributed by atoms with Gasteiger partial charge in [-0.3, -0.25) is 9.79 Å². The van der Waals surface area contributed by atoms with E-state index in [1.165, 1.54) is 17.3 Å². The summed E-state index contributed by atoms with van der Waals surface area (Å²) in [5.74, 6) is 0. The van der Waals surface area contributed by atoms with Crippen LogP contribution in [0.5, 0.6) is 0 Å². The summed E-state index contributed by atoms with van der Waals surface area (Å²) in [4.78, 5) is 15.0. The number of benzene rings is 1. The van der Waals surface area contributed by atoms with Crippen LogP contribution in [0.1, 0.15) is 5.56 Å². The topological polar surface area (TPSA) is 29.4 Å². The first-order valence-electron chi connectivity index (χ1n) is 4.12. The van der Waals surface area contributed by atoms with Crippen molar-refractivity contribution in [2.45, 2.75) is 6.42 Å². The standard InChI is InChI=1S/C10H9NOS/c12-10-7-11-9(13-10)6-8-4-2-1-3-5-8/h1-5H,6-7H2. The van der Waals surface area contributed by atoms with Gasteiger partial charge in [0.25, 0.3) is 0 Å². The summed E-state index contributed by atoms with van der Waals surface area (Å²) in [6, 6.07) is 10.1. The summed E-state index contributed by atoms with van der Waals surface area (Å²) in [7, 11) is 0. The maximum absolute atomic E-state index is 10.9. The zero-order chi connectivity index (χ0) is 9.10. The molecule has 1 aliphatic heterocycles. The van der Waals surface area contributed by atoms with Crippen LogP contribution in [-0.4, -0.2) is 16.7 Å². The largest absolute Gasteiger partial charge is 0.285 e. The van der Waals surface area contributed by atoms with Gasteiger partial charge in [-0.15, -0.1) is 0 Å². The molecule has 0 atom stereocenters. The van der Waals surface area contributed by atoms with E-state index in [-0.39, 0.29) is 5.12 Å². The SMILES string of the molecule is O=C1CN=C(Cc2ccccc2)S1. The lowest BCUT2D eigenvalue weighted by Gasteiger charge is -1.97. The minimum Gasteiger partial charge on any atom is -0.285 e. The molecule has 0 radical (unpaired) electrons. The zero-order valence-electron chi connectivity index (χ0n) is 7.06. The first-order chi connectivity index (χ1) is 6.34. The van der Waals surface area contributed by atoms with Crippen molar-refractivity contribution in [1.82, 2.24) is 0 Å². The lowest BCUT2D eigenvalue weighted by atomic mass is 10.2. The number of rotatable bonds is 2. The van der Waals surface area contributed by atoms with Crippen LogP contribution in [0.15, 0.2) is 35.3 Å². The molecule has 1 aromatic rings. The minimum atomic E-state index is 0.158. The second-order valence-electron chi connectivity index (χ2n) is 2.85. The molecule has 66 valence electrons. The molecule has 1 heterocycles. The fraction of sp³-hybridized carbons (Fsp3) is 0.200. The van der Waals surface area contributed by atoms with E-state index >= 15 is 0 Å². The van der Waals surface area contributed by atoms with E-state index in [1.807, 2.05) is 30.3 Å². The summed E-state index contributed by atoms with van der Waals surface area (Å²) in [6.45, 7) is 0.354. The first kappa shape index (κ1) is 8.51. The number of hydrogen-bond acceptors (Lipinski definition) is 3. The molecule has 1 aliphatic rings. The molecule has 0 amide bonds. The molecule has 0 saturated carbocycles. The Kier molecular flexibility index (Phi) is 2.45. The van der Waals surface area contributed by atoms with Crippen molar-refractivity contribution in [2.75, 3.05) is 6.54 Å². The van der Waals surface area contributed by atoms with Gasteiger partial charge in [0.15, 0.2) is 0 Å². The Morgan fingerprint density at radius 3 is 2.69 bits per heavy atom. The van der Waals surface area contributed by atoms with Crippen molar-refractivity contribution < 1.29 is 4.79 Å². The van der Waals surface area contributed by atoms with Crippen LogP contribution in [0.2, 0.25) is 0 Å². The highest BCUT2D eigenvalue weighted by Gasteiger charge is 2.15. The first-order valence-corrected chi connectivity index (χ1v) is 4.94. The second kappa shape index (κ2) is 3.75. The Labute approximate surface area is 81.1 Å². The van der Waals surface area contributed by atoms with Crippen molar-refractivity contribution in [3.05, 3.63) is 35.9 Å². The highest BCUT2D eigenvalue weighted by Crippen LogP contribution is 2.17. The molecule has 0 saturated heterocycles. The molecule has 0 N–H and O–H groups in total. The highest BCUT2D eigenvalue weighted by molar-refractivity contribution is 8.26. The van der Waals surface area contributed by atoms with E-state index in [9.17, 15) is 4.79 Å². The Morgan fingerprint density at radius 2 is 2.08 bits per heavy atom. The van der Waals surface area contributed by atoms with Gasteiger partial charge in [-0.1, -0.05) is 30.3 Å². The van der Waals surface area contributed by atoms with Gasteiger partial charge in [0.1, 0.15) is 6.54 Å². The summed E-state index contributed by atoms with van der Waals surface area (Å²) >= 11 is 1.27. The van der Waals surface area contributed by atoms with E-state index in [4.69, 9.17) is 0 Å². The van der Waals surface area contributed by atoms with Crippen LogP contribution in [0.3, 0.4) is 0 Å². The van der Waals surface area contributed by atoms with Crippen LogP contribution in [-0.2, 0) is 11.2 Å². The molecule has 0 fully saturated rings. The average Bonchev–Trinajstić information content (AvgIpc) is 2.53. The van der Waals surface area contributed by atoms with E-state index in [1.54, 1.807) is 0 Å². The minimum absolute atomic E-state index is 0.158. The Bertz CT molecular complexity index is 345. The molecule has 2 nitrogen and oxygen atoms in total. The molecule has 2 rings (SSSR count). The maximum atomic E-state index is 10.9. The lowest BCUT2D eigenvalue weighted by molar-refractivity contribution is -0.109. The Hall–Kier alpha value is -1.09. The van der Waals surface area contributed by atoms with E-state index in [2.05, 4.69) is 4.99 Å². The predicted molar refractivity (Wildman–Crippen MR) is 55.0 cm³/mol. The normalized spacial score (nSPS) is 16.0. The number of hydrogen-bond donors (Lipinski definition) is 0. The number of nitrogens with zero attached hydrogens (tertiary/aromatic N) is 1. The molecule has 13 heavy (non-hydrogen) atoms. The highest BCUT2D eigenvalue weighted by atomic mass is 32.2. The van der Waals surface area contributed by atoms with E-state index in [0.717, 1.165) is 11.5 Å². The molecular weight excluding hydrogens is 182 g/mol. The molecule has 0 spiro atoms. The van der Waals surface area contributed by atoms with Crippen molar-refractivity contribution in [3.8, 4) is 0 Å². The van der Waals surface area contributed by atoms with Crippen LogP contribution in [0, 0.1) is 0 Å². The molecule has 0 bridgehead atoms. The third-order valence-electron chi connectivity index (χ3n) is 1.81. The van der Waals surface area contributed by atoms with Gasteiger partial charge in [0.05, 0.1) is 5.04 Å². The molecule has 3 heteroatoms. The summed E-state index contributed by atoms with van der Waals surface area (Å²) in [6.07, 6.45) is 0.789. The van der Waals surface area contributed by atoms with Crippen molar-refractivity contribution in [2.24, 2.45) is 4.99 Å². The van der Waals surface area contributed by atoms with Crippen LogP contribution in [0.4, 0.5) is 0 Å². The smallest absolute Gasteiger partial charge is 0.216 e. The van der Waals surface area contributed by atoms with Crippen LogP contribution < -0.4 is 0 Å². The van der Waals surface area contributed by atoms with Gasteiger partial charge >= 0.3 is 0 Å². The third kappa shape index (κ3) is 2.18. The lowest BCUT2D eigenvalue weighted by Crippen LogP contribution is -1.95. The predicted octanol–water partition coefficient (Wildman–Crippen LogP) is 1.90. The molecule has 0 aliphatic carbocycles. The van der Waals surface area contributed by atoms with Gasteiger partial charge in [-0.05, 0) is 17.3 Å². The van der Waals surface area contributed by atoms with E-state index < -0.39 is 0 Å². The summed E-state index contributed by atoms with van der Waals surface area (Å²) < 4.78 is 0. The van der Waals surface area contributed by atoms with Gasteiger partial charge in [-0.2, -0.15) is 0 Å². The van der Waals surface area contributed by atoms with Gasteiger partial charge in [0.2, 0.25) is 5.12 Å². The molecular formula is C10H9NOS. The van der Waals surface area contributed by atoms with E-state index in [0.29, 0.717) is 6.54 Å². The fourth-order valence-corrected chi connectivity index (χ4v) is 1.97. The summed E-state index contributed by atoms with van der Waals surface area (Å²) in [5, 5.41) is 1.10. The van der Waals surface area contributed by atoms with Gasteiger partial charge in [0, 0.05) is 6.42 Å². The fourth-order valence-electron chi connectivity index (χ4n) is 1.21. The van der Waals surface area contributed by atoms with Crippen molar-refractivity contribution in [1.29, 1.82) is 0 Å². The molecule has 0 unspecified atom stereocenters.